The van der Waals surface area contributed by atoms with E-state index in [1.165, 1.54) is 24.9 Å². The summed E-state index contributed by atoms with van der Waals surface area (Å²) in [5, 5.41) is 4.73. The van der Waals surface area contributed by atoms with E-state index in [9.17, 15) is 0 Å². The van der Waals surface area contributed by atoms with Crippen LogP contribution >= 0.6 is 0 Å². The highest BCUT2D eigenvalue weighted by atomic mass is 15.3. The standard InChI is InChI=1S/C19H23N5/c1-23-19-18(20-10-11-21-19)17(22-23)16-8-5-12-24(14-16)13-9-15-6-3-2-4-7-15/h2-4,6-7,10-11,16H,5,8-9,12-14H2,1H3/t16-/m0/s1. The Balaban J connectivity index is 1.48. The Bertz CT molecular complexity index is 811. The van der Waals surface area contributed by atoms with E-state index in [4.69, 9.17) is 5.10 Å². The van der Waals surface area contributed by atoms with E-state index in [0.717, 1.165) is 36.4 Å². The SMILES string of the molecule is Cn1nc([C@H]2CCCN(CCc3ccccc3)C2)c2nccnc21. The molecule has 5 heteroatoms. The van der Waals surface area contributed by atoms with Crippen LogP contribution in [0.1, 0.15) is 30.0 Å². The molecular weight excluding hydrogens is 298 g/mol. The molecule has 24 heavy (non-hydrogen) atoms. The first kappa shape index (κ1) is 15.3. The molecule has 0 amide bonds. The van der Waals surface area contributed by atoms with Crippen molar-refractivity contribution in [2.45, 2.75) is 25.2 Å². The molecule has 2 aromatic heterocycles. The van der Waals surface area contributed by atoms with Gasteiger partial charge in [-0.05, 0) is 31.4 Å². The average molecular weight is 321 g/mol. The van der Waals surface area contributed by atoms with E-state index >= 15 is 0 Å². The summed E-state index contributed by atoms with van der Waals surface area (Å²) in [6.07, 6.45) is 7.02. The fraction of sp³-hybridized carbons (Fsp3) is 0.421. The molecule has 1 fully saturated rings. The third kappa shape index (κ3) is 3.04. The lowest BCUT2D eigenvalue weighted by Gasteiger charge is -2.32. The zero-order valence-electron chi connectivity index (χ0n) is 14.1. The van der Waals surface area contributed by atoms with Gasteiger partial charge in [-0.3, -0.25) is 0 Å². The highest BCUT2D eigenvalue weighted by Gasteiger charge is 2.26. The number of aromatic nitrogens is 4. The maximum absolute atomic E-state index is 4.73. The van der Waals surface area contributed by atoms with Gasteiger partial charge in [0, 0.05) is 38.4 Å². The van der Waals surface area contributed by atoms with Gasteiger partial charge in [0.1, 0.15) is 5.52 Å². The summed E-state index contributed by atoms with van der Waals surface area (Å²) >= 11 is 0. The molecule has 0 spiro atoms. The van der Waals surface area contributed by atoms with Gasteiger partial charge < -0.3 is 4.90 Å². The number of hydrogen-bond acceptors (Lipinski definition) is 4. The second kappa shape index (κ2) is 6.69. The summed E-state index contributed by atoms with van der Waals surface area (Å²) in [6, 6.07) is 10.7. The van der Waals surface area contributed by atoms with Crippen LogP contribution in [-0.2, 0) is 13.5 Å². The number of likely N-dealkylation sites (tertiary alicyclic amines) is 1. The molecule has 1 aromatic carbocycles. The monoisotopic (exact) mass is 321 g/mol. The molecule has 0 radical (unpaired) electrons. The van der Waals surface area contributed by atoms with Crippen LogP contribution in [0.2, 0.25) is 0 Å². The second-order valence-electron chi connectivity index (χ2n) is 6.61. The molecule has 5 nitrogen and oxygen atoms in total. The smallest absolute Gasteiger partial charge is 0.176 e. The van der Waals surface area contributed by atoms with Crippen molar-refractivity contribution >= 4 is 11.2 Å². The first-order chi connectivity index (χ1) is 11.8. The molecular formula is C19H23N5. The third-order valence-corrected chi connectivity index (χ3v) is 4.94. The zero-order valence-corrected chi connectivity index (χ0v) is 14.1. The van der Waals surface area contributed by atoms with Crippen molar-refractivity contribution in [3.05, 3.63) is 54.0 Å². The van der Waals surface area contributed by atoms with Gasteiger partial charge >= 0.3 is 0 Å². The van der Waals surface area contributed by atoms with Crippen molar-refractivity contribution in [2.24, 2.45) is 7.05 Å². The fourth-order valence-electron chi connectivity index (χ4n) is 3.69. The molecule has 1 aliphatic rings. The Morgan fingerprint density at radius 1 is 1.12 bits per heavy atom. The number of fused-ring (bicyclic) bond motifs is 1. The predicted octanol–water partition coefficient (Wildman–Crippen LogP) is 2.79. The molecule has 1 aliphatic heterocycles. The maximum atomic E-state index is 4.73. The Hall–Kier alpha value is -2.27. The lowest BCUT2D eigenvalue weighted by atomic mass is 9.94. The highest BCUT2D eigenvalue weighted by Crippen LogP contribution is 2.29. The molecule has 0 unspecified atom stereocenters. The van der Waals surface area contributed by atoms with Crippen LogP contribution in [0.3, 0.4) is 0 Å². The Labute approximate surface area is 142 Å². The molecule has 0 N–H and O–H groups in total. The van der Waals surface area contributed by atoms with Crippen LogP contribution in [0.4, 0.5) is 0 Å². The maximum Gasteiger partial charge on any atom is 0.176 e. The summed E-state index contributed by atoms with van der Waals surface area (Å²) in [5.41, 5.74) is 4.38. The molecule has 0 saturated carbocycles. The van der Waals surface area contributed by atoms with Crippen LogP contribution in [0.15, 0.2) is 42.7 Å². The third-order valence-electron chi connectivity index (χ3n) is 4.94. The van der Waals surface area contributed by atoms with Crippen LogP contribution in [0, 0.1) is 0 Å². The van der Waals surface area contributed by atoms with Gasteiger partial charge in [-0.25, -0.2) is 14.6 Å². The predicted molar refractivity (Wildman–Crippen MR) is 94.9 cm³/mol. The summed E-state index contributed by atoms with van der Waals surface area (Å²) in [5.74, 6) is 0.454. The lowest BCUT2D eigenvalue weighted by molar-refractivity contribution is 0.208. The first-order valence-corrected chi connectivity index (χ1v) is 8.71. The van der Waals surface area contributed by atoms with Gasteiger partial charge in [0.2, 0.25) is 0 Å². The summed E-state index contributed by atoms with van der Waals surface area (Å²) in [7, 11) is 1.95. The van der Waals surface area contributed by atoms with E-state index in [1.54, 1.807) is 12.4 Å². The topological polar surface area (TPSA) is 46.8 Å². The Morgan fingerprint density at radius 2 is 1.96 bits per heavy atom. The zero-order chi connectivity index (χ0) is 16.4. The quantitative estimate of drug-likeness (QED) is 0.741. The van der Waals surface area contributed by atoms with E-state index < -0.39 is 0 Å². The minimum atomic E-state index is 0.454. The Kier molecular flexibility index (Phi) is 4.26. The Morgan fingerprint density at radius 3 is 2.83 bits per heavy atom. The van der Waals surface area contributed by atoms with Crippen molar-refractivity contribution < 1.29 is 0 Å². The fourth-order valence-corrected chi connectivity index (χ4v) is 3.69. The van der Waals surface area contributed by atoms with Gasteiger partial charge in [0.05, 0.1) is 5.69 Å². The van der Waals surface area contributed by atoms with Gasteiger partial charge in [0.25, 0.3) is 0 Å². The number of aryl methyl sites for hydroxylation is 1. The molecule has 0 aliphatic carbocycles. The van der Waals surface area contributed by atoms with E-state index in [0.29, 0.717) is 5.92 Å². The highest BCUT2D eigenvalue weighted by molar-refractivity contribution is 5.73. The van der Waals surface area contributed by atoms with Crippen molar-refractivity contribution in [2.75, 3.05) is 19.6 Å². The van der Waals surface area contributed by atoms with Crippen LogP contribution in [0.5, 0.6) is 0 Å². The molecule has 4 rings (SSSR count). The molecule has 1 saturated heterocycles. The minimum absolute atomic E-state index is 0.454. The van der Waals surface area contributed by atoms with Gasteiger partial charge in [-0.15, -0.1) is 0 Å². The number of piperidine rings is 1. The summed E-state index contributed by atoms with van der Waals surface area (Å²) in [4.78, 5) is 11.5. The van der Waals surface area contributed by atoms with E-state index in [2.05, 4.69) is 45.2 Å². The van der Waals surface area contributed by atoms with Crippen molar-refractivity contribution in [3.63, 3.8) is 0 Å². The summed E-state index contributed by atoms with van der Waals surface area (Å²) in [6.45, 7) is 3.35. The number of benzene rings is 1. The first-order valence-electron chi connectivity index (χ1n) is 8.71. The van der Waals surface area contributed by atoms with Crippen LogP contribution in [-0.4, -0.2) is 44.3 Å². The average Bonchev–Trinajstić information content (AvgIpc) is 2.98. The van der Waals surface area contributed by atoms with Crippen molar-refractivity contribution in [1.82, 2.24) is 24.6 Å². The van der Waals surface area contributed by atoms with Gasteiger partial charge in [-0.1, -0.05) is 30.3 Å². The van der Waals surface area contributed by atoms with Gasteiger partial charge in [0.15, 0.2) is 5.65 Å². The molecule has 3 aromatic rings. The lowest BCUT2D eigenvalue weighted by Crippen LogP contribution is -2.36. The molecule has 0 bridgehead atoms. The summed E-state index contributed by atoms with van der Waals surface area (Å²) < 4.78 is 1.86. The van der Waals surface area contributed by atoms with Crippen LogP contribution in [0.25, 0.3) is 11.2 Å². The molecule has 3 heterocycles. The molecule has 1 atom stereocenters. The largest absolute Gasteiger partial charge is 0.302 e. The second-order valence-corrected chi connectivity index (χ2v) is 6.61. The minimum Gasteiger partial charge on any atom is -0.302 e. The number of rotatable bonds is 4. The molecule has 124 valence electrons. The van der Waals surface area contributed by atoms with Crippen molar-refractivity contribution in [3.8, 4) is 0 Å². The normalized spacial score (nSPS) is 19.0. The van der Waals surface area contributed by atoms with Crippen LogP contribution < -0.4 is 0 Å². The van der Waals surface area contributed by atoms with E-state index in [-0.39, 0.29) is 0 Å². The van der Waals surface area contributed by atoms with E-state index in [1.807, 2.05) is 11.7 Å². The number of nitrogens with zero attached hydrogens (tertiary/aromatic N) is 5. The number of hydrogen-bond donors (Lipinski definition) is 0. The van der Waals surface area contributed by atoms with Crippen molar-refractivity contribution in [1.29, 1.82) is 0 Å². The van der Waals surface area contributed by atoms with Gasteiger partial charge in [-0.2, -0.15) is 5.10 Å².